The predicted octanol–water partition coefficient (Wildman–Crippen LogP) is 3.38. The summed E-state index contributed by atoms with van der Waals surface area (Å²) in [5.41, 5.74) is 2.83. The SMILES string of the molecule is Nc1ncc(C(F)(F)F)c(Br)c1C(F)F. The maximum Gasteiger partial charge on any atom is 0.418 e. The first kappa shape index (κ1) is 12.2. The van der Waals surface area contributed by atoms with Crippen LogP contribution in [0.4, 0.5) is 27.8 Å². The molecular formula is C7H4BrF5N2. The van der Waals surface area contributed by atoms with Gasteiger partial charge in [0, 0.05) is 10.7 Å². The number of nitrogen functional groups attached to an aromatic ring is 1. The van der Waals surface area contributed by atoms with Gasteiger partial charge in [-0.2, -0.15) is 13.2 Å². The average molecular weight is 291 g/mol. The van der Waals surface area contributed by atoms with E-state index in [1.807, 2.05) is 0 Å². The van der Waals surface area contributed by atoms with Crippen molar-refractivity contribution in [3.63, 3.8) is 0 Å². The van der Waals surface area contributed by atoms with Gasteiger partial charge in [0.25, 0.3) is 6.43 Å². The molecule has 2 N–H and O–H groups in total. The molecule has 1 heterocycles. The van der Waals surface area contributed by atoms with Crippen molar-refractivity contribution in [2.24, 2.45) is 0 Å². The third-order valence-corrected chi connectivity index (χ3v) is 2.46. The molecule has 0 amide bonds. The van der Waals surface area contributed by atoms with Gasteiger partial charge in [0.05, 0.1) is 11.1 Å². The van der Waals surface area contributed by atoms with E-state index in [1.165, 1.54) is 0 Å². The van der Waals surface area contributed by atoms with Gasteiger partial charge in [0.1, 0.15) is 5.82 Å². The van der Waals surface area contributed by atoms with E-state index in [9.17, 15) is 22.0 Å². The minimum atomic E-state index is -4.75. The summed E-state index contributed by atoms with van der Waals surface area (Å²) in [6.07, 6.45) is -7.46. The molecule has 0 unspecified atom stereocenters. The number of hydrogen-bond acceptors (Lipinski definition) is 2. The monoisotopic (exact) mass is 290 g/mol. The number of rotatable bonds is 1. The highest BCUT2D eigenvalue weighted by Gasteiger charge is 2.36. The maximum atomic E-state index is 12.3. The summed E-state index contributed by atoms with van der Waals surface area (Å²) in [4.78, 5) is 3.08. The van der Waals surface area contributed by atoms with Gasteiger partial charge in [0.15, 0.2) is 0 Å². The zero-order valence-corrected chi connectivity index (χ0v) is 8.53. The highest BCUT2D eigenvalue weighted by atomic mass is 79.9. The second-order valence-electron chi connectivity index (χ2n) is 2.58. The normalized spacial score (nSPS) is 12.2. The molecule has 0 atom stereocenters. The van der Waals surface area contributed by atoms with Crippen LogP contribution in [0.2, 0.25) is 0 Å². The topological polar surface area (TPSA) is 38.9 Å². The predicted molar refractivity (Wildman–Crippen MR) is 46.3 cm³/mol. The van der Waals surface area contributed by atoms with Crippen LogP contribution in [-0.2, 0) is 6.18 Å². The largest absolute Gasteiger partial charge is 0.418 e. The number of anilines is 1. The number of aromatic nitrogens is 1. The van der Waals surface area contributed by atoms with Crippen molar-refractivity contribution in [3.8, 4) is 0 Å². The summed E-state index contributed by atoms with van der Waals surface area (Å²) >= 11 is 2.45. The lowest BCUT2D eigenvalue weighted by Crippen LogP contribution is -2.10. The maximum absolute atomic E-state index is 12.3. The third-order valence-electron chi connectivity index (χ3n) is 1.61. The molecular weight excluding hydrogens is 287 g/mol. The van der Waals surface area contributed by atoms with E-state index in [2.05, 4.69) is 20.9 Å². The Labute approximate surface area is 89.4 Å². The van der Waals surface area contributed by atoms with Crippen molar-refractivity contribution in [2.45, 2.75) is 12.6 Å². The fourth-order valence-electron chi connectivity index (χ4n) is 0.923. The Morgan fingerprint density at radius 1 is 1.33 bits per heavy atom. The minimum Gasteiger partial charge on any atom is -0.383 e. The Balaban J connectivity index is 3.42. The summed E-state index contributed by atoms with van der Waals surface area (Å²) in [7, 11) is 0. The van der Waals surface area contributed by atoms with Crippen LogP contribution in [0, 0.1) is 0 Å². The molecule has 1 aromatic heterocycles. The van der Waals surface area contributed by atoms with Crippen LogP contribution in [0.3, 0.4) is 0 Å². The second kappa shape index (κ2) is 3.92. The molecule has 1 aromatic rings. The molecule has 0 aliphatic heterocycles. The number of halogens is 6. The summed E-state index contributed by atoms with van der Waals surface area (Å²) < 4.78 is 60.7. The molecule has 8 heteroatoms. The van der Waals surface area contributed by atoms with E-state index in [0.29, 0.717) is 6.20 Å². The Morgan fingerprint density at radius 3 is 2.27 bits per heavy atom. The molecule has 1 rings (SSSR count). The zero-order valence-electron chi connectivity index (χ0n) is 6.95. The molecule has 0 radical (unpaired) electrons. The molecule has 84 valence electrons. The summed E-state index contributed by atoms with van der Waals surface area (Å²) in [6.45, 7) is 0. The first-order valence-electron chi connectivity index (χ1n) is 3.54. The van der Waals surface area contributed by atoms with Crippen molar-refractivity contribution >= 4 is 21.7 Å². The van der Waals surface area contributed by atoms with Crippen LogP contribution >= 0.6 is 15.9 Å². The second-order valence-corrected chi connectivity index (χ2v) is 3.38. The van der Waals surface area contributed by atoms with Crippen LogP contribution in [0.1, 0.15) is 17.6 Å². The molecule has 0 aliphatic carbocycles. The van der Waals surface area contributed by atoms with E-state index in [4.69, 9.17) is 5.73 Å². The van der Waals surface area contributed by atoms with E-state index in [0.717, 1.165) is 0 Å². The summed E-state index contributed by atoms with van der Waals surface area (Å²) in [6, 6.07) is 0. The molecule has 15 heavy (non-hydrogen) atoms. The number of hydrogen-bond donors (Lipinski definition) is 1. The van der Waals surface area contributed by atoms with Crippen molar-refractivity contribution in [2.75, 3.05) is 5.73 Å². The van der Waals surface area contributed by atoms with Crippen LogP contribution in [0.25, 0.3) is 0 Å². The number of nitrogens with two attached hydrogens (primary N) is 1. The molecule has 0 aromatic carbocycles. The first-order chi connectivity index (χ1) is 6.75. The molecule has 0 bridgehead atoms. The highest BCUT2D eigenvalue weighted by molar-refractivity contribution is 9.10. The van der Waals surface area contributed by atoms with E-state index >= 15 is 0 Å². The minimum absolute atomic E-state index is 0.408. The van der Waals surface area contributed by atoms with Crippen molar-refractivity contribution < 1.29 is 22.0 Å². The van der Waals surface area contributed by atoms with Gasteiger partial charge < -0.3 is 5.73 Å². The quantitative estimate of drug-likeness (QED) is 0.805. The van der Waals surface area contributed by atoms with Gasteiger partial charge in [0.2, 0.25) is 0 Å². The fraction of sp³-hybridized carbons (Fsp3) is 0.286. The third kappa shape index (κ3) is 2.36. The van der Waals surface area contributed by atoms with Crippen molar-refractivity contribution in [1.29, 1.82) is 0 Å². The van der Waals surface area contributed by atoms with E-state index < -0.39 is 34.0 Å². The Morgan fingerprint density at radius 2 is 1.87 bits per heavy atom. The Hall–Kier alpha value is -0.920. The standard InChI is InChI=1S/C7H4BrF5N2/c8-4-2(7(11,12)13)1-15-6(14)3(4)5(9)10/h1,5H,(H2,14,15). The average Bonchev–Trinajstić information content (AvgIpc) is 2.00. The lowest BCUT2D eigenvalue weighted by molar-refractivity contribution is -0.138. The van der Waals surface area contributed by atoms with E-state index in [-0.39, 0.29) is 0 Å². The Bertz CT molecular complexity index is 376. The van der Waals surface area contributed by atoms with Gasteiger partial charge in [-0.05, 0) is 15.9 Å². The van der Waals surface area contributed by atoms with Crippen molar-refractivity contribution in [3.05, 3.63) is 21.8 Å². The van der Waals surface area contributed by atoms with Crippen LogP contribution in [0.15, 0.2) is 10.7 Å². The number of nitrogens with zero attached hydrogens (tertiary/aromatic N) is 1. The first-order valence-corrected chi connectivity index (χ1v) is 4.33. The molecule has 0 fully saturated rings. The van der Waals surface area contributed by atoms with Gasteiger partial charge in [-0.15, -0.1) is 0 Å². The molecule has 0 saturated heterocycles. The highest BCUT2D eigenvalue weighted by Crippen LogP contribution is 2.40. The van der Waals surface area contributed by atoms with Crippen molar-refractivity contribution in [1.82, 2.24) is 4.98 Å². The lowest BCUT2D eigenvalue weighted by Gasteiger charge is -2.13. The molecule has 0 spiro atoms. The number of pyridine rings is 1. The molecule has 0 saturated carbocycles. The lowest BCUT2D eigenvalue weighted by atomic mass is 10.2. The van der Waals surface area contributed by atoms with Crippen LogP contribution < -0.4 is 5.73 Å². The van der Waals surface area contributed by atoms with Gasteiger partial charge >= 0.3 is 6.18 Å². The summed E-state index contributed by atoms with van der Waals surface area (Å²) in [5.74, 6) is -0.620. The Kier molecular flexibility index (Phi) is 3.17. The van der Waals surface area contributed by atoms with Gasteiger partial charge in [-0.1, -0.05) is 0 Å². The van der Waals surface area contributed by atoms with Gasteiger partial charge in [-0.25, -0.2) is 13.8 Å². The van der Waals surface area contributed by atoms with Crippen LogP contribution in [-0.4, -0.2) is 4.98 Å². The smallest absolute Gasteiger partial charge is 0.383 e. The fourth-order valence-corrected chi connectivity index (χ4v) is 1.63. The van der Waals surface area contributed by atoms with Crippen LogP contribution in [0.5, 0.6) is 0 Å². The molecule has 0 aliphatic rings. The number of alkyl halides is 5. The molecule has 2 nitrogen and oxygen atoms in total. The summed E-state index contributed by atoms with van der Waals surface area (Å²) in [5, 5.41) is 0. The van der Waals surface area contributed by atoms with E-state index in [1.54, 1.807) is 0 Å². The zero-order chi connectivity index (χ0) is 11.8. The van der Waals surface area contributed by atoms with Gasteiger partial charge in [-0.3, -0.25) is 0 Å².